The highest BCUT2D eigenvalue weighted by Crippen LogP contribution is 2.32. The van der Waals surface area contributed by atoms with E-state index >= 15 is 0 Å². The number of carboxylic acid groups (broad SMARTS) is 1. The molecule has 3 aromatic carbocycles. The Morgan fingerprint density at radius 2 is 1.58 bits per heavy atom. The number of carboxylic acids is 1. The second-order valence-electron chi connectivity index (χ2n) is 7.88. The number of nitrogens with zero attached hydrogens (tertiary/aromatic N) is 2. The average Bonchev–Trinajstić information content (AvgIpc) is 2.79. The number of hydrogen-bond acceptors (Lipinski definition) is 5. The van der Waals surface area contributed by atoms with Gasteiger partial charge in [0.2, 0.25) is 0 Å². The molecule has 7 nitrogen and oxygen atoms in total. The highest BCUT2D eigenvalue weighted by atomic mass is 35.5. The Hall–Kier alpha value is -3.23. The summed E-state index contributed by atoms with van der Waals surface area (Å²) in [5.74, 6) is -1.12. The monoisotopic (exact) mass is 485 g/mol. The van der Waals surface area contributed by atoms with Gasteiger partial charge < -0.3 is 14.9 Å². The lowest BCUT2D eigenvalue weighted by Crippen LogP contribution is -2.46. The summed E-state index contributed by atoms with van der Waals surface area (Å²) in [6, 6.07) is 18.7. The zero-order valence-electron chi connectivity index (χ0n) is 18.0. The van der Waals surface area contributed by atoms with E-state index < -0.39 is 16.0 Å². The topological polar surface area (TPSA) is 89.9 Å². The first-order chi connectivity index (χ1) is 15.7. The second kappa shape index (κ2) is 9.33. The minimum absolute atomic E-state index is 0.00963. The van der Waals surface area contributed by atoms with Crippen LogP contribution in [0.1, 0.15) is 15.9 Å². The summed E-state index contributed by atoms with van der Waals surface area (Å²) in [4.78, 5) is 15.9. The maximum atomic E-state index is 13.0. The van der Waals surface area contributed by atoms with Crippen molar-refractivity contribution < 1.29 is 18.3 Å². The molecule has 33 heavy (non-hydrogen) atoms. The highest BCUT2D eigenvalue weighted by Gasteiger charge is 2.24. The maximum Gasteiger partial charge on any atom is 0.335 e. The van der Waals surface area contributed by atoms with Crippen LogP contribution in [0.3, 0.4) is 0 Å². The Kier molecular flexibility index (Phi) is 6.49. The molecule has 0 radical (unpaired) electrons. The molecule has 172 valence electrons. The quantitative estimate of drug-likeness (QED) is 0.535. The van der Waals surface area contributed by atoms with Gasteiger partial charge in [-0.2, -0.15) is 0 Å². The molecule has 4 rings (SSSR count). The molecule has 9 heteroatoms. The molecular formula is C24H24ClN3O4S. The van der Waals surface area contributed by atoms with E-state index in [-0.39, 0.29) is 16.1 Å². The van der Waals surface area contributed by atoms with Crippen LogP contribution < -0.4 is 14.5 Å². The minimum Gasteiger partial charge on any atom is -0.478 e. The van der Waals surface area contributed by atoms with Crippen molar-refractivity contribution in [2.24, 2.45) is 0 Å². The number of nitrogens with one attached hydrogen (secondary N) is 1. The van der Waals surface area contributed by atoms with Gasteiger partial charge in [-0.05, 0) is 55.0 Å². The van der Waals surface area contributed by atoms with E-state index in [4.69, 9.17) is 11.6 Å². The first-order valence-corrected chi connectivity index (χ1v) is 12.3. The van der Waals surface area contributed by atoms with E-state index in [1.54, 1.807) is 18.2 Å². The van der Waals surface area contributed by atoms with E-state index in [1.807, 2.05) is 42.2 Å². The molecule has 0 aliphatic carbocycles. The van der Waals surface area contributed by atoms with Gasteiger partial charge in [-0.3, -0.25) is 4.72 Å². The van der Waals surface area contributed by atoms with Crippen molar-refractivity contribution in [2.75, 3.05) is 40.7 Å². The average molecular weight is 486 g/mol. The molecular weight excluding hydrogens is 462 g/mol. The molecule has 0 spiro atoms. The van der Waals surface area contributed by atoms with Crippen molar-refractivity contribution in [3.8, 4) is 0 Å². The van der Waals surface area contributed by atoms with E-state index in [2.05, 4.69) is 9.62 Å². The van der Waals surface area contributed by atoms with E-state index in [1.165, 1.54) is 18.2 Å². The van der Waals surface area contributed by atoms with E-state index in [0.29, 0.717) is 36.9 Å². The number of benzene rings is 3. The second-order valence-corrected chi connectivity index (χ2v) is 9.97. The molecule has 0 bridgehead atoms. The van der Waals surface area contributed by atoms with Gasteiger partial charge in [0.1, 0.15) is 0 Å². The van der Waals surface area contributed by atoms with Crippen molar-refractivity contribution >= 4 is 44.7 Å². The number of anilines is 3. The molecule has 1 aliphatic rings. The molecule has 0 aromatic heterocycles. The van der Waals surface area contributed by atoms with Crippen LogP contribution in [-0.2, 0) is 10.0 Å². The lowest BCUT2D eigenvalue weighted by Gasteiger charge is -2.38. The number of hydrogen-bond donors (Lipinski definition) is 2. The van der Waals surface area contributed by atoms with Gasteiger partial charge in [-0.1, -0.05) is 35.9 Å². The summed E-state index contributed by atoms with van der Waals surface area (Å²) in [5, 5.41) is 10.1. The molecule has 2 N–H and O–H groups in total. The van der Waals surface area contributed by atoms with Crippen LogP contribution in [0.4, 0.5) is 17.1 Å². The third kappa shape index (κ3) is 5.07. The lowest BCUT2D eigenvalue weighted by atomic mass is 10.1. The van der Waals surface area contributed by atoms with E-state index in [0.717, 1.165) is 11.3 Å². The molecule has 0 atom stereocenters. The summed E-state index contributed by atoms with van der Waals surface area (Å²) in [7, 11) is -3.90. The van der Waals surface area contributed by atoms with Crippen molar-refractivity contribution in [3.05, 3.63) is 82.9 Å². The summed E-state index contributed by atoms with van der Waals surface area (Å²) < 4.78 is 28.7. The Bertz CT molecular complexity index is 1290. The summed E-state index contributed by atoms with van der Waals surface area (Å²) in [5.41, 5.74) is 2.65. The van der Waals surface area contributed by atoms with Crippen LogP contribution >= 0.6 is 11.6 Å². The van der Waals surface area contributed by atoms with Crippen LogP contribution in [0.2, 0.25) is 5.02 Å². The van der Waals surface area contributed by atoms with Crippen LogP contribution in [0.15, 0.2) is 71.6 Å². The van der Waals surface area contributed by atoms with Crippen molar-refractivity contribution in [1.82, 2.24) is 0 Å². The molecule has 0 amide bonds. The normalized spacial score (nSPS) is 14.2. The van der Waals surface area contributed by atoms with Gasteiger partial charge in [-0.15, -0.1) is 0 Å². The largest absolute Gasteiger partial charge is 0.478 e. The molecule has 1 fully saturated rings. The molecule has 0 saturated carbocycles. The van der Waals surface area contributed by atoms with Gasteiger partial charge in [0, 0.05) is 26.2 Å². The molecule has 1 heterocycles. The number of para-hydroxylation sites is 1. The third-order valence-electron chi connectivity index (χ3n) is 5.60. The number of aromatic carboxylic acids is 1. The number of carbonyl (C=O) groups is 1. The smallest absolute Gasteiger partial charge is 0.335 e. The minimum atomic E-state index is -3.90. The Morgan fingerprint density at radius 1 is 0.909 bits per heavy atom. The number of aryl methyl sites for hydroxylation is 1. The number of sulfonamides is 1. The summed E-state index contributed by atoms with van der Waals surface area (Å²) in [6.07, 6.45) is 0. The predicted octanol–water partition coefficient (Wildman–Crippen LogP) is 4.47. The van der Waals surface area contributed by atoms with Crippen LogP contribution in [0, 0.1) is 6.92 Å². The van der Waals surface area contributed by atoms with Crippen LogP contribution in [0.25, 0.3) is 0 Å². The van der Waals surface area contributed by atoms with Gasteiger partial charge in [-0.25, -0.2) is 13.2 Å². The van der Waals surface area contributed by atoms with Crippen molar-refractivity contribution in [3.63, 3.8) is 0 Å². The van der Waals surface area contributed by atoms with Crippen LogP contribution in [0.5, 0.6) is 0 Å². The first-order valence-electron chi connectivity index (χ1n) is 10.5. The zero-order chi connectivity index (χ0) is 23.6. The Balaban J connectivity index is 1.61. The predicted molar refractivity (Wildman–Crippen MR) is 131 cm³/mol. The van der Waals surface area contributed by atoms with Crippen molar-refractivity contribution in [2.45, 2.75) is 11.8 Å². The van der Waals surface area contributed by atoms with E-state index in [9.17, 15) is 18.3 Å². The summed E-state index contributed by atoms with van der Waals surface area (Å²) in [6.45, 7) is 4.44. The fraction of sp³-hybridized carbons (Fsp3) is 0.208. The lowest BCUT2D eigenvalue weighted by molar-refractivity contribution is 0.0697. The standard InChI is InChI=1S/C24H24ClN3O4S/c1-17-5-4-6-19(15-17)33(31,32)26-21-16-18(24(29)30)9-10-23(21)28-13-11-27(12-14-28)22-8-3-2-7-20(22)25/h2-10,15-16,26H,11-14H2,1H3,(H,29,30). The number of halogens is 1. The molecule has 3 aromatic rings. The third-order valence-corrected chi connectivity index (χ3v) is 7.28. The number of piperazine rings is 1. The number of rotatable bonds is 6. The first kappa shape index (κ1) is 22.9. The fourth-order valence-electron chi connectivity index (χ4n) is 3.91. The fourth-order valence-corrected chi connectivity index (χ4v) is 5.33. The Morgan fingerprint density at radius 3 is 2.21 bits per heavy atom. The van der Waals surface area contributed by atoms with Gasteiger partial charge in [0.15, 0.2) is 0 Å². The van der Waals surface area contributed by atoms with Crippen LogP contribution in [-0.4, -0.2) is 45.7 Å². The SMILES string of the molecule is Cc1cccc(S(=O)(=O)Nc2cc(C(=O)O)ccc2N2CCN(c3ccccc3Cl)CC2)c1. The summed E-state index contributed by atoms with van der Waals surface area (Å²) >= 11 is 6.34. The molecule has 0 unspecified atom stereocenters. The van der Waals surface area contributed by atoms with Gasteiger partial charge >= 0.3 is 5.97 Å². The maximum absolute atomic E-state index is 13.0. The van der Waals surface area contributed by atoms with Crippen molar-refractivity contribution in [1.29, 1.82) is 0 Å². The van der Waals surface area contributed by atoms with Gasteiger partial charge in [0.05, 0.1) is 32.5 Å². The van der Waals surface area contributed by atoms with Gasteiger partial charge in [0.25, 0.3) is 10.0 Å². The Labute approximate surface area is 198 Å². The molecule has 1 saturated heterocycles. The zero-order valence-corrected chi connectivity index (χ0v) is 19.6. The molecule has 1 aliphatic heterocycles. The highest BCUT2D eigenvalue weighted by molar-refractivity contribution is 7.92.